The summed E-state index contributed by atoms with van der Waals surface area (Å²) in [7, 11) is -3.68. The van der Waals surface area contributed by atoms with Crippen LogP contribution in [0.2, 0.25) is 0 Å². The second kappa shape index (κ2) is 8.89. The summed E-state index contributed by atoms with van der Waals surface area (Å²) in [5.41, 5.74) is 0.342. The number of thioether (sulfide) groups is 1. The van der Waals surface area contributed by atoms with E-state index in [1.165, 1.54) is 34.6 Å². The van der Waals surface area contributed by atoms with E-state index in [2.05, 4.69) is 21.2 Å². The van der Waals surface area contributed by atoms with E-state index >= 15 is 0 Å². The van der Waals surface area contributed by atoms with Crippen LogP contribution in [0.1, 0.15) is 23.2 Å². The highest BCUT2D eigenvalue weighted by Crippen LogP contribution is 2.32. The van der Waals surface area contributed by atoms with Crippen molar-refractivity contribution in [1.82, 2.24) is 4.31 Å². The van der Waals surface area contributed by atoms with Gasteiger partial charge in [0.25, 0.3) is 11.7 Å². The van der Waals surface area contributed by atoms with Crippen LogP contribution in [0.15, 0.2) is 56.7 Å². The number of rotatable bonds is 6. The molecule has 1 saturated heterocycles. The Labute approximate surface area is 174 Å². The molecular formula is C18H17BrF2N2O3S2. The molecule has 1 aliphatic heterocycles. The summed E-state index contributed by atoms with van der Waals surface area (Å²) in [5, 5.41) is 2.59. The number of para-hydroxylation sites is 1. The largest absolute Gasteiger partial charge is 0.321 e. The number of halogens is 3. The number of sulfonamides is 1. The van der Waals surface area contributed by atoms with Crippen molar-refractivity contribution in [3.8, 4) is 0 Å². The van der Waals surface area contributed by atoms with Gasteiger partial charge in [0.05, 0.1) is 16.1 Å². The first-order chi connectivity index (χ1) is 13.3. The smallest absolute Gasteiger partial charge is 0.288 e. The molecule has 1 fully saturated rings. The molecule has 2 aromatic rings. The van der Waals surface area contributed by atoms with Gasteiger partial charge in [-0.15, -0.1) is 0 Å². The zero-order valence-electron chi connectivity index (χ0n) is 14.6. The summed E-state index contributed by atoms with van der Waals surface area (Å²) in [5.74, 6) is -3.22. The molecule has 2 aromatic carbocycles. The van der Waals surface area contributed by atoms with E-state index in [4.69, 9.17) is 0 Å². The minimum atomic E-state index is -3.68. The first-order valence-corrected chi connectivity index (χ1v) is 11.5. The molecule has 1 N–H and O–H groups in total. The molecule has 5 nitrogen and oxygen atoms in total. The SMILES string of the molecule is O=C(Nc1ccccc1SC(F)F)c1cc(S(=O)(=O)N2CCCC2)ccc1Br. The van der Waals surface area contributed by atoms with Crippen molar-refractivity contribution in [1.29, 1.82) is 0 Å². The van der Waals surface area contributed by atoms with E-state index in [1.54, 1.807) is 12.1 Å². The highest BCUT2D eigenvalue weighted by atomic mass is 79.9. The molecule has 0 saturated carbocycles. The summed E-state index contributed by atoms with van der Waals surface area (Å²) in [4.78, 5) is 13.0. The van der Waals surface area contributed by atoms with Crippen molar-refractivity contribution in [2.24, 2.45) is 0 Å². The van der Waals surface area contributed by atoms with Gasteiger partial charge in [-0.1, -0.05) is 23.9 Å². The van der Waals surface area contributed by atoms with Crippen LogP contribution in [0.4, 0.5) is 14.5 Å². The maximum Gasteiger partial charge on any atom is 0.288 e. The minimum Gasteiger partial charge on any atom is -0.321 e. The van der Waals surface area contributed by atoms with Gasteiger partial charge in [-0.05, 0) is 59.1 Å². The monoisotopic (exact) mass is 490 g/mol. The number of anilines is 1. The molecule has 3 rings (SSSR count). The molecule has 1 heterocycles. The topological polar surface area (TPSA) is 66.5 Å². The summed E-state index contributed by atoms with van der Waals surface area (Å²) in [6.45, 7) is 0.913. The number of benzene rings is 2. The Hall–Kier alpha value is -1.49. The number of alkyl halides is 2. The van der Waals surface area contributed by atoms with Crippen molar-refractivity contribution in [2.45, 2.75) is 28.4 Å². The zero-order chi connectivity index (χ0) is 20.3. The van der Waals surface area contributed by atoms with Gasteiger partial charge in [0, 0.05) is 22.5 Å². The maximum atomic E-state index is 12.7. The molecule has 0 bridgehead atoms. The number of carbonyl (C=O) groups excluding carboxylic acids is 1. The molecule has 0 unspecified atom stereocenters. The van der Waals surface area contributed by atoms with Crippen LogP contribution in [0.5, 0.6) is 0 Å². The number of carbonyl (C=O) groups is 1. The minimum absolute atomic E-state index is 0.0259. The first kappa shape index (κ1) is 21.2. The molecule has 0 atom stereocenters. The lowest BCUT2D eigenvalue weighted by atomic mass is 10.2. The molecule has 0 aliphatic carbocycles. The fourth-order valence-electron chi connectivity index (χ4n) is 2.87. The van der Waals surface area contributed by atoms with E-state index in [1.807, 2.05) is 0 Å². The van der Waals surface area contributed by atoms with E-state index in [0.717, 1.165) is 12.8 Å². The summed E-state index contributed by atoms with van der Waals surface area (Å²) < 4.78 is 52.8. The fourth-order valence-corrected chi connectivity index (χ4v) is 5.44. The van der Waals surface area contributed by atoms with Crippen LogP contribution >= 0.6 is 27.7 Å². The van der Waals surface area contributed by atoms with Crippen LogP contribution in [-0.2, 0) is 10.0 Å². The van der Waals surface area contributed by atoms with Crippen molar-refractivity contribution in [3.63, 3.8) is 0 Å². The Morgan fingerprint density at radius 2 is 1.82 bits per heavy atom. The molecule has 28 heavy (non-hydrogen) atoms. The van der Waals surface area contributed by atoms with Gasteiger partial charge in [-0.25, -0.2) is 8.42 Å². The number of hydrogen-bond donors (Lipinski definition) is 1. The lowest BCUT2D eigenvalue weighted by Crippen LogP contribution is -2.28. The molecule has 0 aromatic heterocycles. The van der Waals surface area contributed by atoms with E-state index in [-0.39, 0.29) is 21.0 Å². The molecule has 1 aliphatic rings. The zero-order valence-corrected chi connectivity index (χ0v) is 17.8. The molecule has 0 spiro atoms. The van der Waals surface area contributed by atoms with Crippen molar-refractivity contribution >= 4 is 49.3 Å². The fraction of sp³-hybridized carbons (Fsp3) is 0.278. The third-order valence-electron chi connectivity index (χ3n) is 4.24. The lowest BCUT2D eigenvalue weighted by molar-refractivity contribution is 0.102. The number of nitrogens with zero attached hydrogens (tertiary/aromatic N) is 1. The van der Waals surface area contributed by atoms with Gasteiger partial charge in [-0.2, -0.15) is 13.1 Å². The lowest BCUT2D eigenvalue weighted by Gasteiger charge is -2.17. The number of hydrogen-bond acceptors (Lipinski definition) is 4. The Morgan fingerprint density at radius 1 is 1.14 bits per heavy atom. The van der Waals surface area contributed by atoms with Gasteiger partial charge in [0.1, 0.15) is 0 Å². The molecule has 0 radical (unpaired) electrons. The van der Waals surface area contributed by atoms with Crippen LogP contribution in [0.25, 0.3) is 0 Å². The van der Waals surface area contributed by atoms with Gasteiger partial charge in [0.2, 0.25) is 10.0 Å². The van der Waals surface area contributed by atoms with Gasteiger partial charge >= 0.3 is 0 Å². The summed E-state index contributed by atoms with van der Waals surface area (Å²) >= 11 is 3.59. The quantitative estimate of drug-likeness (QED) is 0.590. The highest BCUT2D eigenvalue weighted by Gasteiger charge is 2.28. The molecule has 10 heteroatoms. The Morgan fingerprint density at radius 3 is 2.50 bits per heavy atom. The van der Waals surface area contributed by atoms with Crippen LogP contribution in [-0.4, -0.2) is 37.5 Å². The van der Waals surface area contributed by atoms with Crippen LogP contribution in [0, 0.1) is 0 Å². The standard InChI is InChI=1S/C18H17BrF2N2O3S2/c19-14-8-7-12(28(25,26)23-9-3-4-10-23)11-13(14)17(24)22-15-5-1-2-6-16(15)27-18(20)21/h1-2,5-8,11,18H,3-4,9-10H2,(H,22,24). The van der Waals surface area contributed by atoms with Gasteiger partial charge in [0.15, 0.2) is 0 Å². The Bertz CT molecular complexity index is 981. The first-order valence-electron chi connectivity index (χ1n) is 8.44. The van der Waals surface area contributed by atoms with Crippen molar-refractivity contribution in [3.05, 3.63) is 52.5 Å². The number of nitrogens with one attached hydrogen (secondary N) is 1. The second-order valence-electron chi connectivity index (χ2n) is 6.08. The third kappa shape index (κ3) is 4.73. The molecule has 1 amide bonds. The van der Waals surface area contributed by atoms with Crippen molar-refractivity contribution < 1.29 is 22.0 Å². The summed E-state index contributed by atoms with van der Waals surface area (Å²) in [6, 6.07) is 10.5. The predicted octanol–water partition coefficient (Wildman–Crippen LogP) is 4.80. The molecule has 150 valence electrons. The number of amides is 1. The van der Waals surface area contributed by atoms with E-state index in [9.17, 15) is 22.0 Å². The van der Waals surface area contributed by atoms with Crippen molar-refractivity contribution in [2.75, 3.05) is 18.4 Å². The Kier molecular flexibility index (Phi) is 6.74. The second-order valence-corrected chi connectivity index (χ2v) is 9.91. The average Bonchev–Trinajstić information content (AvgIpc) is 3.18. The van der Waals surface area contributed by atoms with Crippen LogP contribution in [0.3, 0.4) is 0 Å². The third-order valence-corrected chi connectivity index (χ3v) is 7.61. The maximum absolute atomic E-state index is 12.7. The van der Waals surface area contributed by atoms with Gasteiger partial charge < -0.3 is 5.32 Å². The highest BCUT2D eigenvalue weighted by molar-refractivity contribution is 9.10. The van der Waals surface area contributed by atoms with Gasteiger partial charge in [-0.3, -0.25) is 4.79 Å². The Balaban J connectivity index is 1.89. The molecular weight excluding hydrogens is 474 g/mol. The summed E-state index contributed by atoms with van der Waals surface area (Å²) in [6.07, 6.45) is 1.61. The normalized spacial score (nSPS) is 15.1. The van der Waals surface area contributed by atoms with E-state index in [0.29, 0.717) is 29.3 Å². The van der Waals surface area contributed by atoms with E-state index < -0.39 is 21.7 Å². The average molecular weight is 491 g/mol. The predicted molar refractivity (Wildman–Crippen MR) is 108 cm³/mol. The van der Waals surface area contributed by atoms with Crippen LogP contribution < -0.4 is 5.32 Å².